The molecule has 2 amide bonds. The van der Waals surface area contributed by atoms with Gasteiger partial charge in [-0.2, -0.15) is 5.10 Å². The molecule has 2 N–H and O–H groups in total. The molecule has 8 heteroatoms. The van der Waals surface area contributed by atoms with Gasteiger partial charge >= 0.3 is 0 Å². The van der Waals surface area contributed by atoms with E-state index >= 15 is 0 Å². The summed E-state index contributed by atoms with van der Waals surface area (Å²) in [6, 6.07) is 17.6. The highest BCUT2D eigenvalue weighted by molar-refractivity contribution is 6.04. The van der Waals surface area contributed by atoms with Crippen LogP contribution in [0.5, 0.6) is 0 Å². The molecule has 1 aliphatic rings. The minimum Gasteiger partial charge on any atom is -0.340 e. The van der Waals surface area contributed by atoms with Crippen LogP contribution in [0.1, 0.15) is 61.5 Å². The molecule has 0 radical (unpaired) electrons. The lowest BCUT2D eigenvalue weighted by Crippen LogP contribution is -2.41. The number of H-pyrrole nitrogens is 1. The summed E-state index contributed by atoms with van der Waals surface area (Å²) in [5.41, 5.74) is 4.17. The second kappa shape index (κ2) is 11.9. The van der Waals surface area contributed by atoms with E-state index in [1.54, 1.807) is 18.5 Å². The first kappa shape index (κ1) is 25.4. The number of nitrogens with one attached hydrogen (secondary N) is 2. The Bertz CT molecular complexity index is 1360. The lowest BCUT2D eigenvalue weighted by Gasteiger charge is -2.33. The van der Waals surface area contributed by atoms with Gasteiger partial charge < -0.3 is 4.90 Å². The number of nitrogens with zero attached hydrogens (tertiary/aromatic N) is 4. The maximum atomic E-state index is 13.2. The molecule has 0 spiro atoms. The highest BCUT2D eigenvalue weighted by Crippen LogP contribution is 2.22. The maximum absolute atomic E-state index is 13.2. The summed E-state index contributed by atoms with van der Waals surface area (Å²) in [7, 11) is 0. The third-order valence-corrected chi connectivity index (χ3v) is 7.17. The van der Waals surface area contributed by atoms with Gasteiger partial charge in [0, 0.05) is 48.2 Å². The van der Waals surface area contributed by atoms with Crippen LogP contribution in [-0.4, -0.2) is 49.0 Å². The molecule has 1 saturated heterocycles. The van der Waals surface area contributed by atoms with Crippen molar-refractivity contribution >= 4 is 17.8 Å². The zero-order valence-electron chi connectivity index (χ0n) is 21.8. The van der Waals surface area contributed by atoms with E-state index in [9.17, 15) is 9.59 Å². The molecule has 196 valence electrons. The van der Waals surface area contributed by atoms with E-state index in [0.717, 1.165) is 61.2 Å². The summed E-state index contributed by atoms with van der Waals surface area (Å²) in [6.07, 6.45) is 11.9. The Morgan fingerprint density at radius 1 is 1.05 bits per heavy atom. The van der Waals surface area contributed by atoms with Gasteiger partial charge in [-0.1, -0.05) is 30.3 Å². The standard InChI is InChI=1S/C30H34N6O2/c1-22-10-7-8-17-35(22)28(37)16-6-5-13-26-21-36(27-14-3-2-4-15-27)30(33-26)34-29(38)24-12-9-11-23(18-24)25-19-31-32-20-25/h2-4,9,11-12,14-15,18-22H,5-8,10,13,16-17H2,1H3,(H,31,32)(H,33,34,38)/t22-/m1/s1. The number of para-hydroxylation sites is 1. The first-order chi connectivity index (χ1) is 18.6. The number of carbonyl (C=O) groups is 2. The van der Waals surface area contributed by atoms with Gasteiger partial charge in [-0.15, -0.1) is 0 Å². The van der Waals surface area contributed by atoms with Gasteiger partial charge in [0.15, 0.2) is 0 Å². The molecule has 0 unspecified atom stereocenters. The Labute approximate surface area is 223 Å². The van der Waals surface area contributed by atoms with Crippen LogP contribution in [0, 0.1) is 0 Å². The highest BCUT2D eigenvalue weighted by Gasteiger charge is 2.22. The number of hydrogen-bond donors (Lipinski definition) is 2. The summed E-state index contributed by atoms with van der Waals surface area (Å²) in [4.78, 5) is 32.7. The third kappa shape index (κ3) is 6.02. The molecule has 3 heterocycles. The molecule has 5 rings (SSSR count). The van der Waals surface area contributed by atoms with E-state index in [0.29, 0.717) is 24.0 Å². The molecule has 0 aliphatic carbocycles. The number of carbonyl (C=O) groups excluding carboxylic acids is 2. The van der Waals surface area contributed by atoms with Gasteiger partial charge in [0.05, 0.1) is 11.9 Å². The van der Waals surface area contributed by atoms with Crippen LogP contribution in [0.3, 0.4) is 0 Å². The van der Waals surface area contributed by atoms with E-state index in [2.05, 4.69) is 22.4 Å². The van der Waals surface area contributed by atoms with E-state index in [4.69, 9.17) is 4.98 Å². The molecule has 8 nitrogen and oxygen atoms in total. The van der Waals surface area contributed by atoms with Crippen molar-refractivity contribution in [3.8, 4) is 16.8 Å². The van der Waals surface area contributed by atoms with Gasteiger partial charge in [-0.05, 0) is 75.3 Å². The second-order valence-corrected chi connectivity index (χ2v) is 9.92. The van der Waals surface area contributed by atoms with Crippen LogP contribution in [0.15, 0.2) is 73.2 Å². The molecular formula is C30H34N6O2. The predicted molar refractivity (Wildman–Crippen MR) is 148 cm³/mol. The van der Waals surface area contributed by atoms with E-state index in [-0.39, 0.29) is 11.8 Å². The van der Waals surface area contributed by atoms with Crippen molar-refractivity contribution in [3.05, 3.63) is 84.4 Å². The maximum Gasteiger partial charge on any atom is 0.258 e. The third-order valence-electron chi connectivity index (χ3n) is 7.17. The first-order valence-corrected chi connectivity index (χ1v) is 13.4. The molecule has 0 saturated carbocycles. The molecule has 4 aromatic rings. The zero-order valence-corrected chi connectivity index (χ0v) is 21.8. The van der Waals surface area contributed by atoms with E-state index in [1.807, 2.05) is 64.2 Å². The van der Waals surface area contributed by atoms with Crippen molar-refractivity contribution in [1.82, 2.24) is 24.6 Å². The molecule has 1 fully saturated rings. The minimum atomic E-state index is -0.231. The summed E-state index contributed by atoms with van der Waals surface area (Å²) < 4.78 is 1.91. The van der Waals surface area contributed by atoms with Crippen LogP contribution in [0.25, 0.3) is 16.8 Å². The van der Waals surface area contributed by atoms with Crippen LogP contribution >= 0.6 is 0 Å². The van der Waals surface area contributed by atoms with Gasteiger partial charge in [-0.25, -0.2) is 4.98 Å². The Kier molecular flexibility index (Phi) is 7.97. The van der Waals surface area contributed by atoms with Crippen molar-refractivity contribution in [1.29, 1.82) is 0 Å². The molecule has 2 aromatic carbocycles. The number of amides is 2. The zero-order chi connectivity index (χ0) is 26.3. The van der Waals surface area contributed by atoms with Gasteiger partial charge in [0.2, 0.25) is 11.9 Å². The Balaban J connectivity index is 1.26. The number of aromatic amines is 1. The van der Waals surface area contributed by atoms with Crippen LogP contribution < -0.4 is 5.32 Å². The predicted octanol–water partition coefficient (Wildman–Crippen LogP) is 5.63. The van der Waals surface area contributed by atoms with Crippen LogP contribution in [-0.2, 0) is 11.2 Å². The van der Waals surface area contributed by atoms with E-state index in [1.165, 1.54) is 6.42 Å². The first-order valence-electron chi connectivity index (χ1n) is 13.4. The Morgan fingerprint density at radius 2 is 1.92 bits per heavy atom. The van der Waals surface area contributed by atoms with E-state index < -0.39 is 0 Å². The topological polar surface area (TPSA) is 95.9 Å². The molecule has 2 aromatic heterocycles. The monoisotopic (exact) mass is 510 g/mol. The van der Waals surface area contributed by atoms with Gasteiger partial charge in [-0.3, -0.25) is 24.6 Å². The number of hydrogen-bond acceptors (Lipinski definition) is 4. The van der Waals surface area contributed by atoms with Crippen molar-refractivity contribution in [2.75, 3.05) is 11.9 Å². The number of anilines is 1. The van der Waals surface area contributed by atoms with Gasteiger partial charge in [0.25, 0.3) is 5.91 Å². The van der Waals surface area contributed by atoms with Crippen molar-refractivity contribution in [2.45, 2.75) is 57.9 Å². The van der Waals surface area contributed by atoms with Crippen LogP contribution in [0.2, 0.25) is 0 Å². The lowest BCUT2D eigenvalue weighted by atomic mass is 10.0. The lowest BCUT2D eigenvalue weighted by molar-refractivity contribution is -0.134. The number of rotatable bonds is 9. The summed E-state index contributed by atoms with van der Waals surface area (Å²) >= 11 is 0. The minimum absolute atomic E-state index is 0.231. The molecule has 0 bridgehead atoms. The molecule has 1 atom stereocenters. The highest BCUT2D eigenvalue weighted by atomic mass is 16.2. The largest absolute Gasteiger partial charge is 0.340 e. The fourth-order valence-electron chi connectivity index (χ4n) is 5.04. The Hall–Kier alpha value is -4.20. The fraction of sp³-hybridized carbons (Fsp3) is 0.333. The summed E-state index contributed by atoms with van der Waals surface area (Å²) in [5, 5.41) is 9.81. The molecule has 1 aliphatic heterocycles. The normalized spacial score (nSPS) is 15.4. The van der Waals surface area contributed by atoms with Crippen LogP contribution in [0.4, 0.5) is 5.95 Å². The number of piperidine rings is 1. The molecular weight excluding hydrogens is 476 g/mol. The number of aromatic nitrogens is 4. The molecule has 38 heavy (non-hydrogen) atoms. The number of aryl methyl sites for hydroxylation is 1. The average Bonchev–Trinajstić information content (AvgIpc) is 3.63. The number of benzene rings is 2. The quantitative estimate of drug-likeness (QED) is 0.285. The van der Waals surface area contributed by atoms with Crippen molar-refractivity contribution in [2.24, 2.45) is 0 Å². The Morgan fingerprint density at radius 3 is 2.71 bits per heavy atom. The SMILES string of the molecule is C[C@@H]1CCCCN1C(=O)CCCCc1cn(-c2ccccc2)c(NC(=O)c2cccc(-c3cn[nH]c3)c2)n1. The average molecular weight is 511 g/mol. The number of imidazole rings is 1. The number of unbranched alkanes of at least 4 members (excludes halogenated alkanes) is 1. The smallest absolute Gasteiger partial charge is 0.258 e. The summed E-state index contributed by atoms with van der Waals surface area (Å²) in [6.45, 7) is 3.03. The van der Waals surface area contributed by atoms with Crippen molar-refractivity contribution in [3.63, 3.8) is 0 Å². The van der Waals surface area contributed by atoms with Gasteiger partial charge in [0.1, 0.15) is 0 Å². The second-order valence-electron chi connectivity index (χ2n) is 9.92. The van der Waals surface area contributed by atoms with Crippen molar-refractivity contribution < 1.29 is 9.59 Å². The summed E-state index contributed by atoms with van der Waals surface area (Å²) in [5.74, 6) is 0.506. The fourth-order valence-corrected chi connectivity index (χ4v) is 5.04. The number of likely N-dealkylation sites (tertiary alicyclic amines) is 1.